The van der Waals surface area contributed by atoms with E-state index in [1.165, 1.54) is 4.88 Å². The Balaban J connectivity index is 2.02. The Morgan fingerprint density at radius 3 is 2.80 bits per heavy atom. The molecule has 3 nitrogen and oxygen atoms in total. The monoisotopic (exact) mass is 291 g/mol. The second-order valence-electron chi connectivity index (χ2n) is 4.73. The molecule has 0 radical (unpaired) electrons. The highest BCUT2D eigenvalue weighted by molar-refractivity contribution is 7.10. The zero-order chi connectivity index (χ0) is 14.4. The highest BCUT2D eigenvalue weighted by atomic mass is 32.1. The molecule has 0 aliphatic heterocycles. The van der Waals surface area contributed by atoms with Gasteiger partial charge in [0.15, 0.2) is 0 Å². The number of rotatable bonds is 7. The fourth-order valence-corrected chi connectivity index (χ4v) is 3.01. The van der Waals surface area contributed by atoms with E-state index in [0.29, 0.717) is 18.3 Å². The fraction of sp³-hybridized carbons (Fsp3) is 0.375. The molecule has 1 aromatic carbocycles. The van der Waals surface area contributed by atoms with Crippen LogP contribution in [0.5, 0.6) is 11.5 Å². The van der Waals surface area contributed by atoms with Gasteiger partial charge in [-0.25, -0.2) is 0 Å². The Kier molecular flexibility index (Phi) is 5.44. The zero-order valence-electron chi connectivity index (χ0n) is 11.9. The number of hydrogen-bond donors (Lipinski definition) is 2. The molecule has 108 valence electrons. The van der Waals surface area contributed by atoms with E-state index in [0.717, 1.165) is 18.4 Å². The highest BCUT2D eigenvalue weighted by Crippen LogP contribution is 2.26. The van der Waals surface area contributed by atoms with Crippen molar-refractivity contribution in [2.45, 2.75) is 32.4 Å². The molecule has 2 rings (SSSR count). The van der Waals surface area contributed by atoms with Crippen molar-refractivity contribution in [2.75, 3.05) is 7.11 Å². The summed E-state index contributed by atoms with van der Waals surface area (Å²) in [6.45, 7) is 2.84. The van der Waals surface area contributed by atoms with Gasteiger partial charge in [-0.1, -0.05) is 25.5 Å². The van der Waals surface area contributed by atoms with Crippen molar-refractivity contribution in [1.29, 1.82) is 0 Å². The predicted molar refractivity (Wildman–Crippen MR) is 83.5 cm³/mol. The van der Waals surface area contributed by atoms with Gasteiger partial charge in [0.25, 0.3) is 0 Å². The number of methoxy groups -OCH3 is 1. The molecular formula is C16H21NO2S. The van der Waals surface area contributed by atoms with Crippen molar-refractivity contribution in [2.24, 2.45) is 0 Å². The average molecular weight is 291 g/mol. The summed E-state index contributed by atoms with van der Waals surface area (Å²) in [5.41, 5.74) is 0.892. The number of benzene rings is 1. The second-order valence-corrected chi connectivity index (χ2v) is 5.71. The van der Waals surface area contributed by atoms with Crippen LogP contribution in [-0.4, -0.2) is 12.2 Å². The third-order valence-corrected chi connectivity index (χ3v) is 4.28. The largest absolute Gasteiger partial charge is 0.507 e. The van der Waals surface area contributed by atoms with Crippen molar-refractivity contribution < 1.29 is 9.84 Å². The van der Waals surface area contributed by atoms with Crippen molar-refractivity contribution in [3.05, 3.63) is 46.2 Å². The van der Waals surface area contributed by atoms with Gasteiger partial charge in [0.1, 0.15) is 11.5 Å². The Labute approximate surface area is 124 Å². The molecule has 1 aromatic heterocycles. The minimum atomic E-state index is 0.276. The normalized spacial score (nSPS) is 12.3. The molecule has 4 heteroatoms. The maximum absolute atomic E-state index is 9.98. The van der Waals surface area contributed by atoms with Gasteiger partial charge in [-0.3, -0.25) is 0 Å². The van der Waals surface area contributed by atoms with Crippen LogP contribution in [0.2, 0.25) is 0 Å². The van der Waals surface area contributed by atoms with Gasteiger partial charge in [0.05, 0.1) is 7.11 Å². The Morgan fingerprint density at radius 2 is 2.20 bits per heavy atom. The van der Waals surface area contributed by atoms with Crippen LogP contribution < -0.4 is 10.1 Å². The number of nitrogens with one attached hydrogen (secondary N) is 1. The molecule has 0 aliphatic rings. The molecule has 1 heterocycles. The Hall–Kier alpha value is -1.52. The van der Waals surface area contributed by atoms with E-state index in [2.05, 4.69) is 29.8 Å². The number of hydrogen-bond acceptors (Lipinski definition) is 4. The summed E-state index contributed by atoms with van der Waals surface area (Å²) in [7, 11) is 1.60. The van der Waals surface area contributed by atoms with Gasteiger partial charge in [-0.15, -0.1) is 11.3 Å². The quantitative estimate of drug-likeness (QED) is 0.807. The predicted octanol–water partition coefficient (Wildman–Crippen LogP) is 4.09. The van der Waals surface area contributed by atoms with Crippen LogP contribution in [0.1, 0.15) is 36.2 Å². The molecule has 0 fully saturated rings. The summed E-state index contributed by atoms with van der Waals surface area (Å²) in [4.78, 5) is 1.35. The molecule has 1 unspecified atom stereocenters. The van der Waals surface area contributed by atoms with Gasteiger partial charge in [-0.2, -0.15) is 0 Å². The molecule has 20 heavy (non-hydrogen) atoms. The van der Waals surface area contributed by atoms with Crippen LogP contribution in [0.25, 0.3) is 0 Å². The van der Waals surface area contributed by atoms with E-state index < -0.39 is 0 Å². The van der Waals surface area contributed by atoms with Crippen molar-refractivity contribution in [3.63, 3.8) is 0 Å². The van der Waals surface area contributed by atoms with Gasteiger partial charge in [0, 0.05) is 29.1 Å². The van der Waals surface area contributed by atoms with E-state index in [4.69, 9.17) is 4.74 Å². The van der Waals surface area contributed by atoms with Crippen LogP contribution in [0.4, 0.5) is 0 Å². The van der Waals surface area contributed by atoms with Crippen LogP contribution in [-0.2, 0) is 6.54 Å². The van der Waals surface area contributed by atoms with E-state index in [9.17, 15) is 5.11 Å². The molecule has 0 spiro atoms. The SMILES string of the molecule is CCCC(NCc1ccc(OC)cc1O)c1cccs1. The summed E-state index contributed by atoms with van der Waals surface area (Å²) >= 11 is 1.77. The number of phenols is 1. The lowest BCUT2D eigenvalue weighted by atomic mass is 10.1. The minimum absolute atomic E-state index is 0.276. The van der Waals surface area contributed by atoms with Gasteiger partial charge in [0.2, 0.25) is 0 Å². The lowest BCUT2D eigenvalue weighted by molar-refractivity contribution is 0.404. The van der Waals surface area contributed by atoms with E-state index in [1.807, 2.05) is 12.1 Å². The standard InChI is InChI=1S/C16H21NO2S/c1-3-5-14(16-6-4-9-20-16)17-11-12-7-8-13(19-2)10-15(12)18/h4,6-10,14,17-18H,3,5,11H2,1-2H3. The highest BCUT2D eigenvalue weighted by Gasteiger charge is 2.12. The summed E-state index contributed by atoms with van der Waals surface area (Å²) in [6.07, 6.45) is 2.22. The first-order chi connectivity index (χ1) is 9.74. The second kappa shape index (κ2) is 7.31. The number of thiophene rings is 1. The Bertz CT molecular complexity index is 525. The fourth-order valence-electron chi connectivity index (χ4n) is 2.18. The van der Waals surface area contributed by atoms with Crippen LogP contribution in [0, 0.1) is 0 Å². The minimum Gasteiger partial charge on any atom is -0.507 e. The van der Waals surface area contributed by atoms with Gasteiger partial charge < -0.3 is 15.2 Å². The number of ether oxygens (including phenoxy) is 1. The van der Waals surface area contributed by atoms with E-state index >= 15 is 0 Å². The zero-order valence-corrected chi connectivity index (χ0v) is 12.7. The topological polar surface area (TPSA) is 41.5 Å². The number of aromatic hydroxyl groups is 1. The lowest BCUT2D eigenvalue weighted by Gasteiger charge is -2.17. The van der Waals surface area contributed by atoms with Crippen LogP contribution in [0.3, 0.4) is 0 Å². The molecule has 0 amide bonds. The maximum atomic E-state index is 9.98. The molecule has 0 saturated heterocycles. The molecule has 2 aromatic rings. The summed E-state index contributed by atoms with van der Waals surface area (Å²) in [5.74, 6) is 0.952. The third-order valence-electron chi connectivity index (χ3n) is 3.30. The third kappa shape index (κ3) is 3.74. The van der Waals surface area contributed by atoms with Gasteiger partial charge >= 0.3 is 0 Å². The van der Waals surface area contributed by atoms with Gasteiger partial charge in [-0.05, 0) is 23.9 Å². The first-order valence-corrected chi connectivity index (χ1v) is 7.75. The van der Waals surface area contributed by atoms with Crippen molar-refractivity contribution in [3.8, 4) is 11.5 Å². The first kappa shape index (κ1) is 14.9. The van der Waals surface area contributed by atoms with Crippen molar-refractivity contribution >= 4 is 11.3 Å². The summed E-state index contributed by atoms with van der Waals surface area (Å²) < 4.78 is 5.09. The first-order valence-electron chi connectivity index (χ1n) is 6.87. The van der Waals surface area contributed by atoms with Crippen LogP contribution in [0.15, 0.2) is 35.7 Å². The van der Waals surface area contributed by atoms with Crippen molar-refractivity contribution in [1.82, 2.24) is 5.32 Å². The molecular weight excluding hydrogens is 270 g/mol. The summed E-state index contributed by atoms with van der Waals surface area (Å²) in [6, 6.07) is 10.0. The van der Waals surface area contributed by atoms with E-state index in [-0.39, 0.29) is 5.75 Å². The molecule has 0 bridgehead atoms. The lowest BCUT2D eigenvalue weighted by Crippen LogP contribution is -2.20. The van der Waals surface area contributed by atoms with E-state index in [1.54, 1.807) is 24.5 Å². The molecule has 0 saturated carbocycles. The van der Waals surface area contributed by atoms with Crippen LogP contribution >= 0.6 is 11.3 Å². The summed E-state index contributed by atoms with van der Waals surface area (Å²) in [5, 5.41) is 15.6. The average Bonchev–Trinajstić information content (AvgIpc) is 2.98. The Morgan fingerprint density at radius 1 is 1.35 bits per heavy atom. The smallest absolute Gasteiger partial charge is 0.123 e. The maximum Gasteiger partial charge on any atom is 0.123 e. The molecule has 0 aliphatic carbocycles. The molecule has 1 atom stereocenters. The number of phenolic OH excluding ortho intramolecular Hbond substituents is 1. The molecule has 2 N–H and O–H groups in total.